The van der Waals surface area contributed by atoms with Crippen LogP contribution in [0.25, 0.3) is 21.9 Å². The molecule has 0 bridgehead atoms. The van der Waals surface area contributed by atoms with Gasteiger partial charge in [-0.25, -0.2) is 14.8 Å². The van der Waals surface area contributed by atoms with Crippen molar-refractivity contribution in [1.82, 2.24) is 29.2 Å². The number of piperidine rings is 1. The molecular weight excluding hydrogens is 544 g/mol. The van der Waals surface area contributed by atoms with Crippen LogP contribution in [-0.4, -0.2) is 66.1 Å². The van der Waals surface area contributed by atoms with E-state index in [-0.39, 0.29) is 11.7 Å². The minimum atomic E-state index is -0.928. The fourth-order valence-corrected chi connectivity index (χ4v) is 6.20. The Bertz CT molecular complexity index is 1770. The standard InChI is InChI=1S/C33H36N6O4/c1-2-39-29-16-22(6-7-25(29)18-34-39)21-43-32-5-3-4-27(36-32)23-10-13-37(14-11-23)20-31-35-28-9-8-24(33(40)41)17-30(28)38(31)19-26-12-15-42-26/h3-9,16-18,23,26H,2,10-15,19-21H2,1H3,(H,40,41). The molecule has 2 saturated heterocycles. The molecule has 1 atom stereocenters. The third-order valence-electron chi connectivity index (χ3n) is 8.77. The van der Waals surface area contributed by atoms with Crippen LogP contribution in [0, 0.1) is 0 Å². The Kier molecular flexibility index (Phi) is 7.54. The summed E-state index contributed by atoms with van der Waals surface area (Å²) in [6.45, 7) is 7.45. The predicted molar refractivity (Wildman–Crippen MR) is 162 cm³/mol. The average Bonchev–Trinajstić information content (AvgIpc) is 3.58. The quantitative estimate of drug-likeness (QED) is 0.239. The first-order valence-electron chi connectivity index (χ1n) is 15.1. The summed E-state index contributed by atoms with van der Waals surface area (Å²) in [5.41, 5.74) is 5.25. The monoisotopic (exact) mass is 580 g/mol. The molecular formula is C33H36N6O4. The number of benzene rings is 2. The number of likely N-dealkylation sites (tertiary alicyclic amines) is 1. The summed E-state index contributed by atoms with van der Waals surface area (Å²) in [6, 6.07) is 17.6. The van der Waals surface area contributed by atoms with E-state index in [9.17, 15) is 9.90 Å². The molecule has 0 radical (unpaired) electrons. The van der Waals surface area contributed by atoms with Gasteiger partial charge < -0.3 is 19.1 Å². The molecule has 2 aliphatic rings. The summed E-state index contributed by atoms with van der Waals surface area (Å²) in [6.07, 6.45) is 5.07. The number of aryl methyl sites for hydroxylation is 1. The van der Waals surface area contributed by atoms with E-state index in [2.05, 4.69) is 45.8 Å². The van der Waals surface area contributed by atoms with E-state index in [1.807, 2.05) is 29.1 Å². The molecule has 5 heterocycles. The normalized spacial score (nSPS) is 17.8. The van der Waals surface area contributed by atoms with Gasteiger partial charge in [0.2, 0.25) is 5.88 Å². The molecule has 1 N–H and O–H groups in total. The molecule has 1 unspecified atom stereocenters. The van der Waals surface area contributed by atoms with E-state index in [0.717, 1.165) is 84.5 Å². The second kappa shape index (κ2) is 11.8. The molecule has 10 nitrogen and oxygen atoms in total. The predicted octanol–water partition coefficient (Wildman–Crippen LogP) is 5.25. The van der Waals surface area contributed by atoms with Crippen molar-refractivity contribution in [1.29, 1.82) is 0 Å². The number of aromatic carboxylic acids is 1. The zero-order chi connectivity index (χ0) is 29.3. The summed E-state index contributed by atoms with van der Waals surface area (Å²) >= 11 is 0. The Morgan fingerprint density at radius 3 is 2.67 bits per heavy atom. The number of rotatable bonds is 10. The van der Waals surface area contributed by atoms with Crippen LogP contribution in [0.4, 0.5) is 0 Å². The smallest absolute Gasteiger partial charge is 0.335 e. The number of pyridine rings is 1. The van der Waals surface area contributed by atoms with Crippen LogP contribution in [0.5, 0.6) is 5.88 Å². The van der Waals surface area contributed by atoms with Gasteiger partial charge >= 0.3 is 5.97 Å². The van der Waals surface area contributed by atoms with Crippen molar-refractivity contribution in [2.24, 2.45) is 0 Å². The van der Waals surface area contributed by atoms with E-state index < -0.39 is 5.97 Å². The van der Waals surface area contributed by atoms with Crippen LogP contribution < -0.4 is 4.74 Å². The van der Waals surface area contributed by atoms with Crippen molar-refractivity contribution in [3.05, 3.63) is 83.4 Å². The van der Waals surface area contributed by atoms with Crippen LogP contribution in [0.1, 0.15) is 59.5 Å². The number of imidazole rings is 1. The molecule has 3 aromatic heterocycles. The Morgan fingerprint density at radius 2 is 1.91 bits per heavy atom. The highest BCUT2D eigenvalue weighted by Gasteiger charge is 2.26. The molecule has 5 aromatic rings. The number of hydrogen-bond acceptors (Lipinski definition) is 7. The fourth-order valence-electron chi connectivity index (χ4n) is 6.20. The second-order valence-electron chi connectivity index (χ2n) is 11.5. The van der Waals surface area contributed by atoms with Gasteiger partial charge in [0.15, 0.2) is 0 Å². The molecule has 10 heteroatoms. The lowest BCUT2D eigenvalue weighted by molar-refractivity contribution is -0.0592. The van der Waals surface area contributed by atoms with E-state index in [4.69, 9.17) is 19.4 Å². The second-order valence-corrected chi connectivity index (χ2v) is 11.5. The topological polar surface area (TPSA) is 108 Å². The number of nitrogens with zero attached hydrogens (tertiary/aromatic N) is 6. The van der Waals surface area contributed by atoms with Crippen LogP contribution in [0.2, 0.25) is 0 Å². The van der Waals surface area contributed by atoms with Gasteiger partial charge in [0.05, 0.1) is 47.5 Å². The molecule has 7 rings (SSSR count). The maximum absolute atomic E-state index is 11.6. The number of carboxylic acids is 1. The summed E-state index contributed by atoms with van der Waals surface area (Å²) in [7, 11) is 0. The third kappa shape index (κ3) is 5.72. The molecule has 0 amide bonds. The van der Waals surface area contributed by atoms with Gasteiger partial charge in [-0.1, -0.05) is 18.2 Å². The fraction of sp³-hybridized carbons (Fsp3) is 0.394. The van der Waals surface area contributed by atoms with Crippen LogP contribution in [0.3, 0.4) is 0 Å². The molecule has 43 heavy (non-hydrogen) atoms. The van der Waals surface area contributed by atoms with E-state index >= 15 is 0 Å². The van der Waals surface area contributed by atoms with Gasteiger partial charge in [0.1, 0.15) is 12.4 Å². The molecule has 2 fully saturated rings. The highest BCUT2D eigenvalue weighted by Crippen LogP contribution is 2.30. The van der Waals surface area contributed by atoms with E-state index in [0.29, 0.717) is 31.5 Å². The minimum Gasteiger partial charge on any atom is -0.478 e. The van der Waals surface area contributed by atoms with Gasteiger partial charge in [-0.2, -0.15) is 5.10 Å². The Hall–Kier alpha value is -4.28. The zero-order valence-corrected chi connectivity index (χ0v) is 24.4. The Labute approximate surface area is 249 Å². The third-order valence-corrected chi connectivity index (χ3v) is 8.77. The first-order valence-corrected chi connectivity index (χ1v) is 15.1. The van der Waals surface area contributed by atoms with Gasteiger partial charge in [-0.3, -0.25) is 9.58 Å². The minimum absolute atomic E-state index is 0.152. The Morgan fingerprint density at radius 1 is 1.05 bits per heavy atom. The van der Waals surface area contributed by atoms with Gasteiger partial charge in [0, 0.05) is 36.2 Å². The summed E-state index contributed by atoms with van der Waals surface area (Å²) in [5.74, 6) is 1.05. The number of fused-ring (bicyclic) bond motifs is 2. The lowest BCUT2D eigenvalue weighted by atomic mass is 9.93. The van der Waals surface area contributed by atoms with E-state index in [1.165, 1.54) is 0 Å². The zero-order valence-electron chi connectivity index (χ0n) is 24.4. The molecule has 222 valence electrons. The summed E-state index contributed by atoms with van der Waals surface area (Å²) in [4.78, 5) is 23.9. The maximum Gasteiger partial charge on any atom is 0.335 e. The van der Waals surface area contributed by atoms with Crippen LogP contribution in [-0.2, 0) is 31.0 Å². The number of hydrogen-bond donors (Lipinski definition) is 1. The highest BCUT2D eigenvalue weighted by molar-refractivity contribution is 5.92. The van der Waals surface area contributed by atoms with Gasteiger partial charge in [-0.15, -0.1) is 0 Å². The summed E-state index contributed by atoms with van der Waals surface area (Å²) < 4.78 is 16.0. The Balaban J connectivity index is 0.999. The molecule has 0 aliphatic carbocycles. The largest absolute Gasteiger partial charge is 0.478 e. The molecule has 0 spiro atoms. The first-order chi connectivity index (χ1) is 21.0. The SMILES string of the molecule is CCn1ncc2ccc(COc3cccc(C4CCN(Cc5nc6ccc(C(=O)O)cc6n5CC5CCO5)CC4)n3)cc21. The molecule has 0 saturated carbocycles. The van der Waals surface area contributed by atoms with Crippen molar-refractivity contribution in [3.63, 3.8) is 0 Å². The van der Waals surface area contributed by atoms with Crippen molar-refractivity contribution >= 4 is 27.9 Å². The lowest BCUT2D eigenvalue weighted by Crippen LogP contribution is -2.35. The van der Waals surface area contributed by atoms with Crippen molar-refractivity contribution in [2.45, 2.75) is 64.4 Å². The molecule has 2 aromatic carbocycles. The van der Waals surface area contributed by atoms with Crippen LogP contribution >= 0.6 is 0 Å². The van der Waals surface area contributed by atoms with Crippen LogP contribution in [0.15, 0.2) is 60.8 Å². The number of ether oxygens (including phenoxy) is 2. The number of aromatic nitrogens is 5. The first kappa shape index (κ1) is 27.5. The number of carboxylic acid groups (broad SMARTS) is 1. The lowest BCUT2D eigenvalue weighted by Gasteiger charge is -2.32. The number of carbonyl (C=O) groups is 1. The van der Waals surface area contributed by atoms with Crippen molar-refractivity contribution in [2.75, 3.05) is 19.7 Å². The van der Waals surface area contributed by atoms with Gasteiger partial charge in [0.25, 0.3) is 0 Å². The van der Waals surface area contributed by atoms with Crippen molar-refractivity contribution < 1.29 is 19.4 Å². The average molecular weight is 581 g/mol. The highest BCUT2D eigenvalue weighted by atomic mass is 16.5. The van der Waals surface area contributed by atoms with E-state index in [1.54, 1.807) is 12.1 Å². The van der Waals surface area contributed by atoms with Gasteiger partial charge in [-0.05, 0) is 75.2 Å². The molecule has 2 aliphatic heterocycles. The summed E-state index contributed by atoms with van der Waals surface area (Å²) in [5, 5.41) is 15.1. The maximum atomic E-state index is 11.6. The van der Waals surface area contributed by atoms with Crippen molar-refractivity contribution in [3.8, 4) is 5.88 Å².